The minimum Gasteiger partial charge on any atom is -0.327 e. The molecule has 3 heteroatoms. The second-order valence-electron chi connectivity index (χ2n) is 4.53. The Morgan fingerprint density at radius 2 is 2.20 bits per heavy atom. The Hall–Kier alpha value is -0.830. The fraction of sp³-hybridized carbons (Fsp3) is 0.750. The van der Waals surface area contributed by atoms with Crippen molar-refractivity contribution < 1.29 is 4.79 Å². The number of nitrogens with one attached hydrogen (secondary N) is 2. The molecule has 2 N–H and O–H groups in total. The normalized spacial score (nSPS) is 29.1. The van der Waals surface area contributed by atoms with Gasteiger partial charge in [0.2, 0.25) is 5.91 Å². The summed E-state index contributed by atoms with van der Waals surface area (Å²) in [6.07, 6.45) is 7.35. The molecule has 0 aromatic heterocycles. The van der Waals surface area contributed by atoms with Crippen LogP contribution in [0.2, 0.25) is 0 Å². The average molecular weight is 208 g/mol. The lowest BCUT2D eigenvalue weighted by molar-refractivity contribution is -0.129. The van der Waals surface area contributed by atoms with Gasteiger partial charge in [-0.05, 0) is 32.1 Å². The summed E-state index contributed by atoms with van der Waals surface area (Å²) in [5.41, 5.74) is 0.767. The lowest BCUT2D eigenvalue weighted by Gasteiger charge is -2.43. The van der Waals surface area contributed by atoms with E-state index in [9.17, 15) is 4.79 Å². The molecular weight excluding hydrogens is 188 g/mol. The van der Waals surface area contributed by atoms with Crippen LogP contribution >= 0.6 is 0 Å². The topological polar surface area (TPSA) is 41.1 Å². The minimum absolute atomic E-state index is 0.150. The summed E-state index contributed by atoms with van der Waals surface area (Å²) in [6.45, 7) is 4.15. The van der Waals surface area contributed by atoms with Crippen LogP contribution < -0.4 is 10.6 Å². The van der Waals surface area contributed by atoms with Gasteiger partial charge in [-0.3, -0.25) is 10.1 Å². The van der Waals surface area contributed by atoms with E-state index in [1.165, 1.54) is 6.42 Å². The van der Waals surface area contributed by atoms with Gasteiger partial charge in [0.05, 0.1) is 5.54 Å². The Balaban J connectivity index is 2.22. The Morgan fingerprint density at radius 1 is 1.47 bits per heavy atom. The third-order valence-electron chi connectivity index (χ3n) is 3.79. The SMILES string of the molecule is CCC1(CC)NC2CCCC=C2NC1=O. The van der Waals surface area contributed by atoms with Gasteiger partial charge in [0.15, 0.2) is 0 Å². The standard InChI is InChI=1S/C12H20N2O/c1-3-12(4-2)11(15)13-9-7-5-6-8-10(9)14-12/h7,10,14H,3-6,8H2,1-2H3,(H,13,15). The molecule has 84 valence electrons. The van der Waals surface area contributed by atoms with Crippen molar-refractivity contribution in [2.45, 2.75) is 57.5 Å². The number of hydrogen-bond donors (Lipinski definition) is 2. The molecule has 1 saturated heterocycles. The third-order valence-corrected chi connectivity index (χ3v) is 3.79. The molecule has 1 heterocycles. The van der Waals surface area contributed by atoms with Gasteiger partial charge < -0.3 is 5.32 Å². The van der Waals surface area contributed by atoms with Crippen molar-refractivity contribution >= 4 is 5.91 Å². The van der Waals surface area contributed by atoms with Crippen LogP contribution in [-0.4, -0.2) is 17.5 Å². The van der Waals surface area contributed by atoms with Crippen molar-refractivity contribution in [3.63, 3.8) is 0 Å². The van der Waals surface area contributed by atoms with Gasteiger partial charge >= 0.3 is 0 Å². The van der Waals surface area contributed by atoms with Gasteiger partial charge in [0.25, 0.3) is 0 Å². The highest BCUT2D eigenvalue weighted by Gasteiger charge is 2.42. The second kappa shape index (κ2) is 3.97. The molecule has 1 fully saturated rings. The summed E-state index contributed by atoms with van der Waals surface area (Å²) in [7, 11) is 0. The molecule has 1 aliphatic heterocycles. The zero-order valence-electron chi connectivity index (χ0n) is 9.60. The molecule has 2 aliphatic rings. The van der Waals surface area contributed by atoms with Crippen LogP contribution in [0.25, 0.3) is 0 Å². The van der Waals surface area contributed by atoms with Crippen LogP contribution in [0.3, 0.4) is 0 Å². The number of fused-ring (bicyclic) bond motifs is 1. The molecule has 0 saturated carbocycles. The van der Waals surface area contributed by atoms with Gasteiger partial charge in [0.1, 0.15) is 0 Å². The molecule has 1 atom stereocenters. The first kappa shape index (κ1) is 10.7. The minimum atomic E-state index is -0.334. The van der Waals surface area contributed by atoms with E-state index >= 15 is 0 Å². The molecular formula is C12H20N2O. The number of rotatable bonds is 2. The Labute approximate surface area is 91.3 Å². The summed E-state index contributed by atoms with van der Waals surface area (Å²) < 4.78 is 0. The van der Waals surface area contributed by atoms with Crippen LogP contribution in [0.15, 0.2) is 11.8 Å². The molecule has 1 aliphatic carbocycles. The molecule has 0 aromatic rings. The Bertz CT molecular complexity index is 292. The van der Waals surface area contributed by atoms with E-state index in [0.717, 1.165) is 31.4 Å². The van der Waals surface area contributed by atoms with E-state index in [1.54, 1.807) is 0 Å². The predicted octanol–water partition coefficient (Wildman–Crippen LogP) is 1.70. The van der Waals surface area contributed by atoms with Crippen molar-refractivity contribution in [2.24, 2.45) is 0 Å². The molecule has 1 amide bonds. The summed E-state index contributed by atoms with van der Waals surface area (Å²) in [5, 5.41) is 6.61. The van der Waals surface area contributed by atoms with Crippen LogP contribution in [0.5, 0.6) is 0 Å². The summed E-state index contributed by atoms with van der Waals surface area (Å²) >= 11 is 0. The second-order valence-corrected chi connectivity index (χ2v) is 4.53. The number of hydrogen-bond acceptors (Lipinski definition) is 2. The smallest absolute Gasteiger partial charge is 0.244 e. The van der Waals surface area contributed by atoms with Crippen molar-refractivity contribution in [3.05, 3.63) is 11.8 Å². The quantitative estimate of drug-likeness (QED) is 0.725. The maximum absolute atomic E-state index is 12.0. The van der Waals surface area contributed by atoms with Crippen molar-refractivity contribution in [2.75, 3.05) is 0 Å². The maximum atomic E-state index is 12.0. The number of amides is 1. The molecule has 2 rings (SSSR count). The molecule has 0 radical (unpaired) electrons. The molecule has 0 aromatic carbocycles. The van der Waals surface area contributed by atoms with Crippen LogP contribution in [0, 0.1) is 0 Å². The van der Waals surface area contributed by atoms with Crippen molar-refractivity contribution in [3.8, 4) is 0 Å². The lowest BCUT2D eigenvalue weighted by atomic mass is 9.84. The maximum Gasteiger partial charge on any atom is 0.244 e. The van der Waals surface area contributed by atoms with E-state index in [1.807, 2.05) is 0 Å². The monoisotopic (exact) mass is 208 g/mol. The fourth-order valence-corrected chi connectivity index (χ4v) is 2.59. The van der Waals surface area contributed by atoms with Crippen LogP contribution in [0.4, 0.5) is 0 Å². The zero-order valence-corrected chi connectivity index (χ0v) is 9.60. The van der Waals surface area contributed by atoms with Crippen LogP contribution in [0.1, 0.15) is 46.0 Å². The first-order valence-electron chi connectivity index (χ1n) is 6.01. The highest BCUT2D eigenvalue weighted by Crippen LogP contribution is 2.27. The predicted molar refractivity (Wildman–Crippen MR) is 60.3 cm³/mol. The summed E-state index contributed by atoms with van der Waals surface area (Å²) in [6, 6.07) is 0.372. The molecule has 15 heavy (non-hydrogen) atoms. The number of piperazine rings is 1. The number of carbonyl (C=O) groups is 1. The summed E-state index contributed by atoms with van der Waals surface area (Å²) in [5.74, 6) is 0.150. The first-order chi connectivity index (χ1) is 7.22. The highest BCUT2D eigenvalue weighted by atomic mass is 16.2. The Morgan fingerprint density at radius 3 is 2.87 bits per heavy atom. The number of carbonyl (C=O) groups excluding carboxylic acids is 1. The van der Waals surface area contributed by atoms with Gasteiger partial charge in [0, 0.05) is 11.7 Å². The third kappa shape index (κ3) is 1.69. The first-order valence-corrected chi connectivity index (χ1v) is 6.01. The Kier molecular flexibility index (Phi) is 2.83. The van der Waals surface area contributed by atoms with E-state index in [0.29, 0.717) is 6.04 Å². The van der Waals surface area contributed by atoms with Crippen LogP contribution in [-0.2, 0) is 4.79 Å². The van der Waals surface area contributed by atoms with E-state index in [2.05, 4.69) is 30.6 Å². The lowest BCUT2D eigenvalue weighted by Crippen LogP contribution is -2.65. The molecule has 1 unspecified atom stereocenters. The average Bonchev–Trinajstić information content (AvgIpc) is 2.28. The van der Waals surface area contributed by atoms with Gasteiger partial charge in [-0.1, -0.05) is 19.9 Å². The van der Waals surface area contributed by atoms with Gasteiger partial charge in [-0.15, -0.1) is 0 Å². The molecule has 0 spiro atoms. The zero-order chi connectivity index (χ0) is 10.9. The molecule has 0 bridgehead atoms. The summed E-state index contributed by atoms with van der Waals surface area (Å²) in [4.78, 5) is 12.0. The molecule has 3 nitrogen and oxygen atoms in total. The highest BCUT2D eigenvalue weighted by molar-refractivity contribution is 5.89. The largest absolute Gasteiger partial charge is 0.327 e. The van der Waals surface area contributed by atoms with E-state index in [-0.39, 0.29) is 11.4 Å². The van der Waals surface area contributed by atoms with Gasteiger partial charge in [-0.25, -0.2) is 0 Å². The van der Waals surface area contributed by atoms with E-state index < -0.39 is 0 Å². The fourth-order valence-electron chi connectivity index (χ4n) is 2.59. The van der Waals surface area contributed by atoms with E-state index in [4.69, 9.17) is 0 Å². The van der Waals surface area contributed by atoms with Crippen molar-refractivity contribution in [1.82, 2.24) is 10.6 Å². The number of allylic oxidation sites excluding steroid dienone is 1. The van der Waals surface area contributed by atoms with Gasteiger partial charge in [-0.2, -0.15) is 0 Å². The van der Waals surface area contributed by atoms with Crippen molar-refractivity contribution in [1.29, 1.82) is 0 Å².